The van der Waals surface area contributed by atoms with E-state index in [-0.39, 0.29) is 36.2 Å². The third-order valence-electron chi connectivity index (χ3n) is 8.14. The number of benzene rings is 1. The number of fused-ring (bicyclic) bond motifs is 1. The molecular weight excluding hydrogens is 530 g/mol. The number of aliphatic hydroxyl groups excluding tert-OH is 1. The summed E-state index contributed by atoms with van der Waals surface area (Å²) in [7, 11) is -1.36. The van der Waals surface area contributed by atoms with E-state index >= 15 is 0 Å². The van der Waals surface area contributed by atoms with Crippen LogP contribution in [0.1, 0.15) is 82.5 Å². The molecule has 0 spiro atoms. The van der Waals surface area contributed by atoms with Crippen molar-refractivity contribution in [1.29, 1.82) is 0 Å². The summed E-state index contributed by atoms with van der Waals surface area (Å²) in [5.41, 5.74) is 0.569. The van der Waals surface area contributed by atoms with Gasteiger partial charge in [0.15, 0.2) is 0 Å². The van der Waals surface area contributed by atoms with Crippen molar-refractivity contribution >= 4 is 21.6 Å². The molecule has 2 N–H and O–H groups in total. The lowest BCUT2D eigenvalue weighted by molar-refractivity contribution is -0.0190. The maximum Gasteiger partial charge on any atom is 0.258 e. The minimum absolute atomic E-state index is 0.00955. The number of likely N-dealkylation sites (N-methyl/N-ethyl adjacent to an activating group) is 1. The minimum atomic E-state index is -3.53. The van der Waals surface area contributed by atoms with E-state index in [4.69, 9.17) is 9.47 Å². The van der Waals surface area contributed by atoms with Gasteiger partial charge < -0.3 is 24.4 Å². The zero-order chi connectivity index (χ0) is 29.3. The fourth-order valence-electron chi connectivity index (χ4n) is 5.85. The fraction of sp³-hybridized carbons (Fsp3) is 0.767. The van der Waals surface area contributed by atoms with Crippen LogP contribution in [0.2, 0.25) is 0 Å². The third kappa shape index (κ3) is 10.2. The summed E-state index contributed by atoms with van der Waals surface area (Å²) < 4.78 is 38.9. The number of hydrogen-bond donors (Lipinski definition) is 2. The second-order valence-corrected chi connectivity index (χ2v) is 13.9. The molecule has 9 nitrogen and oxygen atoms in total. The number of nitrogens with one attached hydrogen (secondary N) is 1. The monoisotopic (exact) mass is 581 g/mol. The highest BCUT2D eigenvalue weighted by atomic mass is 32.2. The summed E-state index contributed by atoms with van der Waals surface area (Å²) in [6.45, 7) is 8.59. The lowest BCUT2D eigenvalue weighted by atomic mass is 9.89. The quantitative estimate of drug-likeness (QED) is 0.470. The molecule has 228 valence electrons. The van der Waals surface area contributed by atoms with Crippen LogP contribution >= 0.6 is 0 Å². The van der Waals surface area contributed by atoms with Crippen LogP contribution < -0.4 is 9.46 Å². The molecule has 0 bridgehead atoms. The Morgan fingerprint density at radius 1 is 1.10 bits per heavy atom. The molecule has 1 amide bonds. The van der Waals surface area contributed by atoms with E-state index in [0.29, 0.717) is 24.6 Å². The van der Waals surface area contributed by atoms with Crippen molar-refractivity contribution in [2.45, 2.75) is 90.4 Å². The van der Waals surface area contributed by atoms with Gasteiger partial charge in [0, 0.05) is 37.8 Å². The molecule has 40 heavy (non-hydrogen) atoms. The van der Waals surface area contributed by atoms with Gasteiger partial charge in [0.05, 0.1) is 36.7 Å². The lowest BCUT2D eigenvalue weighted by Gasteiger charge is -2.36. The molecule has 0 radical (unpaired) electrons. The first kappa shape index (κ1) is 32.6. The van der Waals surface area contributed by atoms with Gasteiger partial charge in [-0.25, -0.2) is 8.42 Å². The molecule has 2 aliphatic rings. The molecule has 4 atom stereocenters. The summed E-state index contributed by atoms with van der Waals surface area (Å²) in [5.74, 6) is 0.846. The van der Waals surface area contributed by atoms with E-state index in [0.717, 1.165) is 44.5 Å². The van der Waals surface area contributed by atoms with Gasteiger partial charge in [-0.15, -0.1) is 0 Å². The number of hydrogen-bond acceptors (Lipinski definition) is 7. The predicted octanol–water partition coefficient (Wildman–Crippen LogP) is 4.37. The SMILES string of the molecule is C[C@H]1CCCCO[C@H](CN(C)CC2CCCCC2)[C@@H](C)CN([C@@H](C)CO)C(=O)c2cc(NS(C)(=O)=O)ccc2O1. The molecule has 10 heteroatoms. The molecule has 1 aliphatic heterocycles. The number of carbonyl (C=O) groups is 1. The molecule has 0 aromatic heterocycles. The second kappa shape index (κ2) is 15.4. The summed E-state index contributed by atoms with van der Waals surface area (Å²) in [5, 5.41) is 10.1. The number of carbonyl (C=O) groups excluding carboxylic acids is 1. The van der Waals surface area contributed by atoms with Gasteiger partial charge in [0.2, 0.25) is 10.0 Å². The van der Waals surface area contributed by atoms with Crippen molar-refractivity contribution in [2.75, 3.05) is 50.9 Å². The van der Waals surface area contributed by atoms with Crippen LogP contribution in [0.4, 0.5) is 5.69 Å². The van der Waals surface area contributed by atoms with E-state index in [1.54, 1.807) is 17.0 Å². The topological polar surface area (TPSA) is 108 Å². The average molecular weight is 582 g/mol. The Kier molecular flexibility index (Phi) is 12.5. The number of sulfonamides is 1. The Morgan fingerprint density at radius 3 is 2.48 bits per heavy atom. The van der Waals surface area contributed by atoms with Crippen LogP contribution in [-0.4, -0.2) is 93.6 Å². The summed E-state index contributed by atoms with van der Waals surface area (Å²) in [6, 6.07) is 4.35. The van der Waals surface area contributed by atoms with Gasteiger partial charge >= 0.3 is 0 Å². The molecule has 1 aromatic rings. The molecular formula is C30H51N3O6S. The van der Waals surface area contributed by atoms with Gasteiger partial charge in [-0.1, -0.05) is 26.2 Å². The van der Waals surface area contributed by atoms with Crippen molar-refractivity contribution in [3.8, 4) is 5.75 Å². The Bertz CT molecular complexity index is 1050. The molecule has 0 saturated heterocycles. The summed E-state index contributed by atoms with van der Waals surface area (Å²) in [6.07, 6.45) is 10.1. The van der Waals surface area contributed by atoms with E-state index in [1.165, 1.54) is 38.2 Å². The average Bonchev–Trinajstić information content (AvgIpc) is 2.90. The molecule has 0 unspecified atom stereocenters. The first-order chi connectivity index (χ1) is 19.0. The number of ether oxygens (including phenoxy) is 2. The highest BCUT2D eigenvalue weighted by Crippen LogP contribution is 2.29. The van der Waals surface area contributed by atoms with Crippen LogP contribution in [0, 0.1) is 11.8 Å². The molecule has 1 heterocycles. The molecule has 1 saturated carbocycles. The van der Waals surface area contributed by atoms with Crippen LogP contribution in [0.3, 0.4) is 0 Å². The van der Waals surface area contributed by atoms with E-state index in [1.807, 2.05) is 13.8 Å². The van der Waals surface area contributed by atoms with Gasteiger partial charge in [-0.05, 0) is 77.1 Å². The van der Waals surface area contributed by atoms with Crippen molar-refractivity contribution in [2.24, 2.45) is 11.8 Å². The number of amides is 1. The minimum Gasteiger partial charge on any atom is -0.490 e. The van der Waals surface area contributed by atoms with E-state index < -0.39 is 16.1 Å². The largest absolute Gasteiger partial charge is 0.490 e. The van der Waals surface area contributed by atoms with Crippen LogP contribution in [-0.2, 0) is 14.8 Å². The Morgan fingerprint density at radius 2 is 1.80 bits per heavy atom. The third-order valence-corrected chi connectivity index (χ3v) is 8.75. The van der Waals surface area contributed by atoms with Crippen LogP contribution in [0.25, 0.3) is 0 Å². The summed E-state index contributed by atoms with van der Waals surface area (Å²) >= 11 is 0. The first-order valence-electron chi connectivity index (χ1n) is 15.0. The number of rotatable bonds is 8. The van der Waals surface area contributed by atoms with Crippen LogP contribution in [0.5, 0.6) is 5.75 Å². The summed E-state index contributed by atoms with van der Waals surface area (Å²) in [4.78, 5) is 18.1. The Labute approximate surface area is 241 Å². The maximum atomic E-state index is 14.1. The van der Waals surface area contributed by atoms with Gasteiger partial charge in [-0.2, -0.15) is 0 Å². The van der Waals surface area contributed by atoms with Crippen LogP contribution in [0.15, 0.2) is 18.2 Å². The molecule has 3 rings (SSSR count). The Balaban J connectivity index is 1.89. The molecule has 1 aromatic carbocycles. The Hall–Kier alpha value is -1.88. The van der Waals surface area contributed by atoms with Gasteiger partial charge in [0.1, 0.15) is 5.75 Å². The van der Waals surface area contributed by atoms with Crippen molar-refractivity contribution < 1.29 is 27.8 Å². The zero-order valence-electron chi connectivity index (χ0n) is 25.1. The lowest BCUT2D eigenvalue weighted by Crippen LogP contribution is -2.47. The van der Waals surface area contributed by atoms with Gasteiger partial charge in [0.25, 0.3) is 5.91 Å². The van der Waals surface area contributed by atoms with E-state index in [9.17, 15) is 18.3 Å². The highest BCUT2D eigenvalue weighted by molar-refractivity contribution is 7.92. The number of aliphatic hydroxyl groups is 1. The molecule has 1 fully saturated rings. The molecule has 1 aliphatic carbocycles. The predicted molar refractivity (Wildman–Crippen MR) is 159 cm³/mol. The standard InChI is InChI=1S/C30H51N3O6S/c1-22-18-33(23(2)21-34)30(35)27-17-26(31-40(5,36)37)14-15-28(27)39-24(3)11-9-10-16-38-29(22)20-32(4)19-25-12-7-6-8-13-25/h14-15,17,22-25,29,31,34H,6-13,16,18-21H2,1-5H3/t22-,23-,24-,29+/m0/s1. The van der Waals surface area contributed by atoms with Crippen molar-refractivity contribution in [3.05, 3.63) is 23.8 Å². The van der Waals surface area contributed by atoms with Crippen molar-refractivity contribution in [1.82, 2.24) is 9.80 Å². The normalized spacial score (nSPS) is 25.1. The number of nitrogens with zero attached hydrogens (tertiary/aromatic N) is 2. The smallest absolute Gasteiger partial charge is 0.258 e. The number of anilines is 1. The fourth-order valence-corrected chi connectivity index (χ4v) is 6.41. The zero-order valence-corrected chi connectivity index (χ0v) is 25.9. The first-order valence-corrected chi connectivity index (χ1v) is 16.9. The van der Waals surface area contributed by atoms with Crippen molar-refractivity contribution in [3.63, 3.8) is 0 Å². The van der Waals surface area contributed by atoms with E-state index in [2.05, 4.69) is 23.6 Å². The van der Waals surface area contributed by atoms with Gasteiger partial charge in [-0.3, -0.25) is 9.52 Å². The highest BCUT2D eigenvalue weighted by Gasteiger charge is 2.31. The maximum absolute atomic E-state index is 14.1. The second-order valence-electron chi connectivity index (χ2n) is 12.1.